The summed E-state index contributed by atoms with van der Waals surface area (Å²) in [5, 5.41) is 53.1. The lowest BCUT2D eigenvalue weighted by molar-refractivity contribution is -0.165. The van der Waals surface area contributed by atoms with Gasteiger partial charge in [-0.05, 0) is 17.1 Å². The molecule has 138 valence electrons. The number of methoxy groups -OCH3 is 1. The van der Waals surface area contributed by atoms with Gasteiger partial charge in [0.05, 0.1) is 32.0 Å². The van der Waals surface area contributed by atoms with Crippen LogP contribution in [0, 0.1) is 0 Å². The molecule has 0 radical (unpaired) electrons. The van der Waals surface area contributed by atoms with Crippen LogP contribution in [-0.2, 0) is 14.3 Å². The zero-order chi connectivity index (χ0) is 18.9. The van der Waals surface area contributed by atoms with Crippen LogP contribution >= 0.6 is 0 Å². The number of carbonyl (C=O) groups is 2. The number of hydrogen-bond acceptors (Lipinski definition) is 9. The van der Waals surface area contributed by atoms with Crippen LogP contribution < -0.4 is 5.32 Å². The van der Waals surface area contributed by atoms with E-state index in [4.69, 9.17) is 10.6 Å². The SMILES string of the molecule is COC(=O)C(O)(CC(O)C(C[C@@H](O)[C@H](O)CO)NC(C)=O)N=[N+]=[N-]. The summed E-state index contributed by atoms with van der Waals surface area (Å²) >= 11 is 0. The van der Waals surface area contributed by atoms with E-state index in [1.807, 2.05) is 0 Å². The molecule has 0 aliphatic heterocycles. The Morgan fingerprint density at radius 2 is 1.88 bits per heavy atom. The van der Waals surface area contributed by atoms with Crippen molar-refractivity contribution in [3.63, 3.8) is 0 Å². The molecule has 0 bridgehead atoms. The normalized spacial score (nSPS) is 18.3. The van der Waals surface area contributed by atoms with Gasteiger partial charge in [-0.1, -0.05) is 0 Å². The fraction of sp³-hybridized carbons (Fsp3) is 0.833. The lowest BCUT2D eigenvalue weighted by atomic mass is 9.94. The minimum Gasteiger partial charge on any atom is -0.467 e. The van der Waals surface area contributed by atoms with Gasteiger partial charge >= 0.3 is 5.97 Å². The Hall–Kier alpha value is -1.95. The maximum Gasteiger partial charge on any atom is 0.344 e. The standard InChI is InChI=1S/C12H22N4O8/c1-6(18)14-7(3-8(19)10(21)5-17)9(20)4-12(23,15-16-13)11(22)24-2/h7-10,17,19-21,23H,3-5H2,1-2H3,(H,14,18)/t7?,8-,9?,10-,12?/m1/s1. The van der Waals surface area contributed by atoms with Crippen molar-refractivity contribution in [3.05, 3.63) is 10.4 Å². The lowest BCUT2D eigenvalue weighted by Crippen LogP contribution is -2.51. The molecule has 0 aromatic rings. The van der Waals surface area contributed by atoms with E-state index < -0.39 is 61.4 Å². The monoisotopic (exact) mass is 350 g/mol. The summed E-state index contributed by atoms with van der Waals surface area (Å²) in [7, 11) is 0.930. The lowest BCUT2D eigenvalue weighted by Gasteiger charge is -2.30. The minimum absolute atomic E-state index is 0.407. The van der Waals surface area contributed by atoms with Crippen molar-refractivity contribution < 1.29 is 39.9 Å². The number of aliphatic hydroxyl groups is 5. The Morgan fingerprint density at radius 3 is 2.29 bits per heavy atom. The number of nitrogens with one attached hydrogen (secondary N) is 1. The molecule has 12 nitrogen and oxygen atoms in total. The predicted octanol–water partition coefficient (Wildman–Crippen LogP) is -2.48. The molecule has 0 saturated heterocycles. The fourth-order valence-electron chi connectivity index (χ4n) is 1.95. The molecular weight excluding hydrogens is 328 g/mol. The Balaban J connectivity index is 5.28. The van der Waals surface area contributed by atoms with E-state index in [2.05, 4.69) is 20.1 Å². The van der Waals surface area contributed by atoms with E-state index >= 15 is 0 Å². The van der Waals surface area contributed by atoms with Crippen LogP contribution in [-0.4, -0.2) is 81.2 Å². The Labute approximate surface area is 137 Å². The molecule has 3 unspecified atom stereocenters. The smallest absolute Gasteiger partial charge is 0.344 e. The van der Waals surface area contributed by atoms with E-state index in [1.54, 1.807) is 0 Å². The van der Waals surface area contributed by atoms with Crippen LogP contribution in [0.25, 0.3) is 10.4 Å². The number of nitrogens with zero attached hydrogens (tertiary/aromatic N) is 3. The van der Waals surface area contributed by atoms with Gasteiger partial charge in [0.15, 0.2) is 0 Å². The van der Waals surface area contributed by atoms with Gasteiger partial charge in [0.1, 0.15) is 6.10 Å². The van der Waals surface area contributed by atoms with Gasteiger partial charge < -0.3 is 35.6 Å². The first kappa shape index (κ1) is 22.1. The molecule has 0 aromatic carbocycles. The van der Waals surface area contributed by atoms with Crippen molar-refractivity contribution in [3.8, 4) is 0 Å². The first-order valence-corrected chi connectivity index (χ1v) is 6.90. The summed E-state index contributed by atoms with van der Waals surface area (Å²) in [4.78, 5) is 25.0. The molecule has 0 saturated carbocycles. The quantitative estimate of drug-likeness (QED) is 0.107. The summed E-state index contributed by atoms with van der Waals surface area (Å²) in [5.41, 5.74) is 5.71. The molecule has 0 spiro atoms. The molecule has 0 rings (SSSR count). The van der Waals surface area contributed by atoms with E-state index in [-0.39, 0.29) is 0 Å². The third-order valence-electron chi connectivity index (χ3n) is 3.20. The van der Waals surface area contributed by atoms with Crippen LogP contribution in [0.15, 0.2) is 5.11 Å². The molecule has 1 amide bonds. The molecule has 0 aliphatic rings. The molecule has 12 heteroatoms. The van der Waals surface area contributed by atoms with Gasteiger partial charge in [-0.25, -0.2) is 4.79 Å². The van der Waals surface area contributed by atoms with E-state index in [1.165, 1.54) is 0 Å². The van der Waals surface area contributed by atoms with Crippen molar-refractivity contribution in [1.29, 1.82) is 0 Å². The van der Waals surface area contributed by atoms with Crippen LogP contribution in [0.1, 0.15) is 19.8 Å². The number of rotatable bonds is 10. The van der Waals surface area contributed by atoms with Gasteiger partial charge in [0, 0.05) is 18.3 Å². The zero-order valence-electron chi connectivity index (χ0n) is 13.2. The van der Waals surface area contributed by atoms with Crippen LogP contribution in [0.4, 0.5) is 0 Å². The first-order chi connectivity index (χ1) is 11.1. The molecule has 24 heavy (non-hydrogen) atoms. The average molecular weight is 350 g/mol. The largest absolute Gasteiger partial charge is 0.467 e. The molecule has 0 aliphatic carbocycles. The van der Waals surface area contributed by atoms with Crippen molar-refractivity contribution in [1.82, 2.24) is 5.32 Å². The van der Waals surface area contributed by atoms with E-state index in [9.17, 15) is 30.0 Å². The molecule has 0 aromatic heterocycles. The molecule has 0 fully saturated rings. The van der Waals surface area contributed by atoms with Gasteiger partial charge in [0.25, 0.3) is 0 Å². The highest BCUT2D eigenvalue weighted by Crippen LogP contribution is 2.21. The van der Waals surface area contributed by atoms with E-state index in [0.29, 0.717) is 0 Å². The number of azide groups is 1. The maximum atomic E-state index is 11.5. The van der Waals surface area contributed by atoms with Crippen molar-refractivity contribution in [2.45, 2.75) is 49.8 Å². The summed E-state index contributed by atoms with van der Waals surface area (Å²) in [6.45, 7) is 0.364. The first-order valence-electron chi connectivity index (χ1n) is 6.90. The topological polar surface area (TPSA) is 205 Å². The number of esters is 1. The second-order valence-corrected chi connectivity index (χ2v) is 5.13. The number of ether oxygens (including phenoxy) is 1. The fourth-order valence-corrected chi connectivity index (χ4v) is 1.95. The third kappa shape index (κ3) is 6.66. The van der Waals surface area contributed by atoms with Crippen molar-refractivity contribution >= 4 is 11.9 Å². The number of hydrogen-bond donors (Lipinski definition) is 6. The van der Waals surface area contributed by atoms with Gasteiger partial charge in [-0.3, -0.25) is 4.79 Å². The number of amides is 1. The average Bonchev–Trinajstić information content (AvgIpc) is 2.51. The van der Waals surface area contributed by atoms with Gasteiger partial charge in [-0.15, -0.1) is 0 Å². The highest BCUT2D eigenvalue weighted by atomic mass is 16.5. The predicted molar refractivity (Wildman–Crippen MR) is 78.1 cm³/mol. The van der Waals surface area contributed by atoms with Crippen molar-refractivity contribution in [2.75, 3.05) is 13.7 Å². The summed E-state index contributed by atoms with van der Waals surface area (Å²) < 4.78 is 4.29. The molecule has 6 N–H and O–H groups in total. The number of aliphatic hydroxyl groups excluding tert-OH is 4. The molecular formula is C12H22N4O8. The summed E-state index contributed by atoms with van der Waals surface area (Å²) in [5.74, 6) is -1.92. The summed E-state index contributed by atoms with van der Waals surface area (Å²) in [6.07, 6.45) is -5.92. The Morgan fingerprint density at radius 1 is 1.29 bits per heavy atom. The molecule has 5 atom stereocenters. The van der Waals surface area contributed by atoms with Gasteiger partial charge in [-0.2, -0.15) is 0 Å². The van der Waals surface area contributed by atoms with Crippen LogP contribution in [0.5, 0.6) is 0 Å². The highest BCUT2D eigenvalue weighted by molar-refractivity contribution is 5.78. The zero-order valence-corrected chi connectivity index (χ0v) is 13.2. The second kappa shape index (κ2) is 10.0. The van der Waals surface area contributed by atoms with Gasteiger partial charge in [0.2, 0.25) is 11.6 Å². The minimum atomic E-state index is -2.72. The van der Waals surface area contributed by atoms with Crippen LogP contribution in [0.2, 0.25) is 0 Å². The molecule has 0 heterocycles. The highest BCUT2D eigenvalue weighted by Gasteiger charge is 2.41. The van der Waals surface area contributed by atoms with Crippen LogP contribution in [0.3, 0.4) is 0 Å². The third-order valence-corrected chi connectivity index (χ3v) is 3.20. The number of carbonyl (C=O) groups excluding carboxylic acids is 2. The van der Waals surface area contributed by atoms with Crippen molar-refractivity contribution in [2.24, 2.45) is 5.11 Å². The maximum absolute atomic E-state index is 11.5. The van der Waals surface area contributed by atoms with E-state index in [0.717, 1.165) is 14.0 Å². The Bertz CT molecular complexity index is 484. The Kier molecular flexibility index (Phi) is 9.21. The summed E-state index contributed by atoms with van der Waals surface area (Å²) in [6, 6.07) is -1.22. The second-order valence-electron chi connectivity index (χ2n) is 5.13.